The van der Waals surface area contributed by atoms with Gasteiger partial charge in [-0.05, 0) is 23.6 Å². The van der Waals surface area contributed by atoms with E-state index in [1.165, 1.54) is 0 Å². The van der Waals surface area contributed by atoms with Crippen molar-refractivity contribution in [2.75, 3.05) is 11.9 Å². The van der Waals surface area contributed by atoms with Gasteiger partial charge in [-0.3, -0.25) is 0 Å². The summed E-state index contributed by atoms with van der Waals surface area (Å²) >= 11 is 6.24. The zero-order valence-electron chi connectivity index (χ0n) is 9.79. The van der Waals surface area contributed by atoms with E-state index < -0.39 is 0 Å². The summed E-state index contributed by atoms with van der Waals surface area (Å²) in [5.74, 6) is 0. The predicted octanol–water partition coefficient (Wildman–Crippen LogP) is 4.25. The molecule has 0 unspecified atom stereocenters. The van der Waals surface area contributed by atoms with Gasteiger partial charge >= 0.3 is 0 Å². The fourth-order valence-corrected chi connectivity index (χ4v) is 1.65. The summed E-state index contributed by atoms with van der Waals surface area (Å²) in [6.45, 7) is 6.40. The van der Waals surface area contributed by atoms with Gasteiger partial charge in [-0.1, -0.05) is 50.6 Å². The van der Waals surface area contributed by atoms with Crippen LogP contribution in [0.4, 0.5) is 5.69 Å². The molecule has 0 spiro atoms. The van der Waals surface area contributed by atoms with Crippen LogP contribution in [0, 0.1) is 5.41 Å². The van der Waals surface area contributed by atoms with Crippen LogP contribution in [0.25, 0.3) is 0 Å². The third-order valence-corrected chi connectivity index (χ3v) is 2.38. The lowest BCUT2D eigenvalue weighted by Crippen LogP contribution is -2.15. The molecular formula is C13H18ClN. The zero-order chi connectivity index (χ0) is 11.5. The molecule has 0 radical (unpaired) electrons. The molecule has 0 bridgehead atoms. The van der Waals surface area contributed by atoms with Gasteiger partial charge in [0, 0.05) is 12.7 Å². The largest absolute Gasteiger partial charge is 0.336 e. The number of rotatable bonds is 2. The molecule has 0 saturated carbocycles. The second kappa shape index (κ2) is 4.71. The van der Waals surface area contributed by atoms with E-state index in [1.807, 2.05) is 42.3 Å². The summed E-state index contributed by atoms with van der Waals surface area (Å²) in [6, 6.07) is 10.1. The Bertz CT molecular complexity index is 335. The summed E-state index contributed by atoms with van der Waals surface area (Å²) < 4.78 is 0. The molecule has 0 amide bonds. The second-order valence-corrected chi connectivity index (χ2v) is 5.11. The smallest absolute Gasteiger partial charge is 0.105 e. The first-order valence-electron chi connectivity index (χ1n) is 5.07. The van der Waals surface area contributed by atoms with Gasteiger partial charge in [0.2, 0.25) is 0 Å². The molecule has 0 aliphatic heterocycles. The Hall–Kier alpha value is -0.950. The van der Waals surface area contributed by atoms with Crippen molar-refractivity contribution >= 4 is 17.3 Å². The van der Waals surface area contributed by atoms with E-state index in [1.54, 1.807) is 0 Å². The van der Waals surface area contributed by atoms with Crippen LogP contribution in [-0.4, -0.2) is 7.05 Å². The molecule has 1 rings (SSSR count). The van der Waals surface area contributed by atoms with Crippen molar-refractivity contribution in [3.8, 4) is 0 Å². The number of hydrogen-bond acceptors (Lipinski definition) is 1. The van der Waals surface area contributed by atoms with E-state index in [2.05, 4.69) is 26.8 Å². The molecule has 82 valence electrons. The van der Waals surface area contributed by atoms with Crippen molar-refractivity contribution in [2.24, 2.45) is 5.41 Å². The lowest BCUT2D eigenvalue weighted by Gasteiger charge is -2.21. The van der Waals surface area contributed by atoms with Crippen molar-refractivity contribution in [1.82, 2.24) is 0 Å². The average Bonchev–Trinajstić information content (AvgIpc) is 2.15. The third-order valence-electron chi connectivity index (χ3n) is 2.02. The topological polar surface area (TPSA) is 3.24 Å². The number of para-hydroxylation sites is 1. The molecule has 0 N–H and O–H groups in total. The first-order chi connectivity index (χ1) is 6.90. The summed E-state index contributed by atoms with van der Waals surface area (Å²) in [7, 11) is 1.97. The molecule has 0 heterocycles. The second-order valence-electron chi connectivity index (χ2n) is 4.73. The fraction of sp³-hybridized carbons (Fsp3) is 0.385. The van der Waals surface area contributed by atoms with Crippen LogP contribution in [0.15, 0.2) is 41.6 Å². The van der Waals surface area contributed by atoms with Crippen molar-refractivity contribution in [3.05, 3.63) is 41.6 Å². The molecule has 0 aliphatic carbocycles. The Kier molecular flexibility index (Phi) is 3.81. The van der Waals surface area contributed by atoms with E-state index in [0.717, 1.165) is 10.8 Å². The van der Waals surface area contributed by atoms with E-state index >= 15 is 0 Å². The molecule has 0 fully saturated rings. The highest BCUT2D eigenvalue weighted by Crippen LogP contribution is 2.24. The van der Waals surface area contributed by atoms with Crippen LogP contribution in [0.1, 0.15) is 20.8 Å². The Morgan fingerprint density at radius 3 is 2.20 bits per heavy atom. The lowest BCUT2D eigenvalue weighted by molar-refractivity contribution is 0.541. The van der Waals surface area contributed by atoms with E-state index in [9.17, 15) is 0 Å². The molecule has 1 nitrogen and oxygen atoms in total. The molecule has 1 aromatic rings. The maximum atomic E-state index is 6.24. The van der Waals surface area contributed by atoms with Crippen LogP contribution in [-0.2, 0) is 0 Å². The van der Waals surface area contributed by atoms with Crippen LogP contribution < -0.4 is 4.90 Å². The van der Waals surface area contributed by atoms with Crippen molar-refractivity contribution in [2.45, 2.75) is 20.8 Å². The molecule has 1 aromatic carbocycles. The number of nitrogens with zero attached hydrogens (tertiary/aromatic N) is 1. The van der Waals surface area contributed by atoms with Gasteiger partial charge in [0.1, 0.15) is 5.16 Å². The Morgan fingerprint density at radius 2 is 1.73 bits per heavy atom. The highest BCUT2D eigenvalue weighted by atomic mass is 35.5. The number of anilines is 1. The quantitative estimate of drug-likeness (QED) is 0.678. The number of benzene rings is 1. The minimum absolute atomic E-state index is 0.0973. The van der Waals surface area contributed by atoms with E-state index in [0.29, 0.717) is 0 Å². The maximum absolute atomic E-state index is 6.24. The van der Waals surface area contributed by atoms with E-state index in [4.69, 9.17) is 11.6 Å². The van der Waals surface area contributed by atoms with Crippen LogP contribution in [0.2, 0.25) is 0 Å². The summed E-state index contributed by atoms with van der Waals surface area (Å²) in [6.07, 6.45) is 2.06. The minimum Gasteiger partial charge on any atom is -0.336 e. The Morgan fingerprint density at radius 1 is 1.20 bits per heavy atom. The molecule has 0 atom stereocenters. The normalized spacial score (nSPS) is 12.7. The Labute approximate surface area is 97.4 Å². The number of allylic oxidation sites excluding steroid dienone is 1. The van der Waals surface area contributed by atoms with Gasteiger partial charge in [0.25, 0.3) is 0 Å². The zero-order valence-corrected chi connectivity index (χ0v) is 10.5. The predicted molar refractivity (Wildman–Crippen MR) is 68.2 cm³/mol. The van der Waals surface area contributed by atoms with Gasteiger partial charge in [-0.15, -0.1) is 0 Å². The van der Waals surface area contributed by atoms with Gasteiger partial charge in [0.15, 0.2) is 0 Å². The van der Waals surface area contributed by atoms with Gasteiger partial charge in [-0.2, -0.15) is 0 Å². The lowest BCUT2D eigenvalue weighted by atomic mass is 9.97. The first kappa shape index (κ1) is 12.1. The van der Waals surface area contributed by atoms with Crippen molar-refractivity contribution in [3.63, 3.8) is 0 Å². The van der Waals surface area contributed by atoms with Gasteiger partial charge in [-0.25, -0.2) is 0 Å². The summed E-state index contributed by atoms with van der Waals surface area (Å²) in [5, 5.41) is 0.758. The monoisotopic (exact) mass is 223 g/mol. The first-order valence-corrected chi connectivity index (χ1v) is 5.45. The van der Waals surface area contributed by atoms with Crippen molar-refractivity contribution < 1.29 is 0 Å². The third kappa shape index (κ3) is 3.96. The standard InChI is InChI=1S/C13H18ClN/c1-13(2,3)10-12(14)15(4)11-8-6-5-7-9-11/h5-10H,1-4H3/b12-10+. The molecule has 2 heteroatoms. The average molecular weight is 224 g/mol. The Balaban J connectivity index is 2.87. The maximum Gasteiger partial charge on any atom is 0.105 e. The molecule has 0 saturated heterocycles. The summed E-state index contributed by atoms with van der Waals surface area (Å²) in [4.78, 5) is 1.98. The van der Waals surface area contributed by atoms with Crippen LogP contribution in [0.5, 0.6) is 0 Å². The van der Waals surface area contributed by atoms with Crippen LogP contribution >= 0.6 is 11.6 Å². The van der Waals surface area contributed by atoms with Gasteiger partial charge in [0.05, 0.1) is 0 Å². The molecule has 0 aliphatic rings. The SMILES string of the molecule is CN(/C(Cl)=C/C(C)(C)C)c1ccccc1. The number of hydrogen-bond donors (Lipinski definition) is 0. The number of halogens is 1. The highest BCUT2D eigenvalue weighted by Gasteiger charge is 2.10. The molecule has 15 heavy (non-hydrogen) atoms. The summed E-state index contributed by atoms with van der Waals surface area (Å²) in [5.41, 5.74) is 1.20. The molecule has 0 aromatic heterocycles. The fourth-order valence-electron chi connectivity index (χ4n) is 1.23. The van der Waals surface area contributed by atoms with Crippen molar-refractivity contribution in [1.29, 1.82) is 0 Å². The highest BCUT2D eigenvalue weighted by molar-refractivity contribution is 6.31. The van der Waals surface area contributed by atoms with E-state index in [-0.39, 0.29) is 5.41 Å². The van der Waals surface area contributed by atoms with Crippen LogP contribution in [0.3, 0.4) is 0 Å². The molecular weight excluding hydrogens is 206 g/mol. The van der Waals surface area contributed by atoms with Gasteiger partial charge < -0.3 is 4.90 Å². The minimum atomic E-state index is 0.0973.